The van der Waals surface area contributed by atoms with Gasteiger partial charge in [-0.15, -0.1) is 0 Å². The fourth-order valence-electron chi connectivity index (χ4n) is 3.17. The molecule has 1 aromatic heterocycles. The van der Waals surface area contributed by atoms with Crippen LogP contribution >= 0.6 is 0 Å². The van der Waals surface area contributed by atoms with Crippen LogP contribution in [-0.4, -0.2) is 9.55 Å². The van der Waals surface area contributed by atoms with Gasteiger partial charge in [0, 0.05) is 18.0 Å². The van der Waals surface area contributed by atoms with Gasteiger partial charge in [-0.1, -0.05) is 70.2 Å². The van der Waals surface area contributed by atoms with Gasteiger partial charge in [-0.25, -0.2) is 9.83 Å². The zero-order valence-electron chi connectivity index (χ0n) is 15.2. The molecule has 0 aliphatic heterocycles. The van der Waals surface area contributed by atoms with E-state index in [0.29, 0.717) is 17.5 Å². The van der Waals surface area contributed by atoms with E-state index in [1.165, 1.54) is 11.1 Å². The molecule has 0 saturated carbocycles. The highest BCUT2D eigenvalue weighted by Gasteiger charge is 2.19. The Kier molecular flexibility index (Phi) is 4.72. The molecule has 0 unspecified atom stereocenters. The average Bonchev–Trinajstić information content (AvgIpc) is 3.10. The first-order valence-electron chi connectivity index (χ1n) is 8.67. The first kappa shape index (κ1) is 17.0. The lowest BCUT2D eigenvalue weighted by molar-refractivity contribution is 0.808. The van der Waals surface area contributed by atoms with Crippen molar-refractivity contribution in [2.24, 2.45) is 0 Å². The van der Waals surface area contributed by atoms with E-state index >= 15 is 0 Å². The minimum atomic E-state index is 0.320. The Balaban J connectivity index is 2.32. The molecule has 3 heteroatoms. The molecule has 25 heavy (non-hydrogen) atoms. The molecule has 0 spiro atoms. The van der Waals surface area contributed by atoms with Crippen LogP contribution in [0.4, 0.5) is 5.69 Å². The summed E-state index contributed by atoms with van der Waals surface area (Å²) in [6.45, 7) is 16.2. The Labute approximate surface area is 149 Å². The Bertz CT molecular complexity index is 883. The van der Waals surface area contributed by atoms with E-state index in [2.05, 4.69) is 54.2 Å². The van der Waals surface area contributed by atoms with E-state index in [4.69, 9.17) is 6.57 Å². The largest absolute Gasteiger partial charge is 0.299 e. The van der Waals surface area contributed by atoms with Crippen LogP contribution in [0.5, 0.6) is 0 Å². The van der Waals surface area contributed by atoms with Crippen molar-refractivity contribution in [3.63, 3.8) is 0 Å². The van der Waals surface area contributed by atoms with Gasteiger partial charge >= 0.3 is 0 Å². The molecule has 0 aliphatic rings. The molecule has 0 aliphatic carbocycles. The quantitative estimate of drug-likeness (QED) is 0.512. The summed E-state index contributed by atoms with van der Waals surface area (Å²) in [6.07, 6.45) is 3.87. The Morgan fingerprint density at radius 1 is 0.960 bits per heavy atom. The summed E-state index contributed by atoms with van der Waals surface area (Å²) in [5, 5.41) is 0. The summed E-state index contributed by atoms with van der Waals surface area (Å²) in [6, 6.07) is 14.3. The van der Waals surface area contributed by atoms with E-state index in [1.807, 2.05) is 42.7 Å². The van der Waals surface area contributed by atoms with Crippen LogP contribution in [0.3, 0.4) is 0 Å². The molecular weight excluding hydrogens is 306 g/mol. The van der Waals surface area contributed by atoms with Crippen molar-refractivity contribution < 1.29 is 0 Å². The summed E-state index contributed by atoms with van der Waals surface area (Å²) in [5.74, 6) is 1.57. The third-order valence-electron chi connectivity index (χ3n) is 4.44. The number of rotatable bonds is 4. The number of hydrogen-bond acceptors (Lipinski definition) is 1. The van der Waals surface area contributed by atoms with E-state index in [0.717, 1.165) is 17.1 Å². The summed E-state index contributed by atoms with van der Waals surface area (Å²) < 4.78 is 2.17. The Hall–Kier alpha value is -2.86. The van der Waals surface area contributed by atoms with Gasteiger partial charge < -0.3 is 0 Å². The maximum absolute atomic E-state index is 7.45. The van der Waals surface area contributed by atoms with Gasteiger partial charge in [0.2, 0.25) is 0 Å². The maximum Gasteiger partial charge on any atom is 0.187 e. The lowest BCUT2D eigenvalue weighted by Gasteiger charge is -2.22. The van der Waals surface area contributed by atoms with Gasteiger partial charge in [0.15, 0.2) is 5.69 Å². The lowest BCUT2D eigenvalue weighted by Crippen LogP contribution is -2.08. The van der Waals surface area contributed by atoms with Crippen LogP contribution in [-0.2, 0) is 0 Å². The van der Waals surface area contributed by atoms with Gasteiger partial charge in [0.25, 0.3) is 0 Å². The number of nitrogens with zero attached hydrogens (tertiary/aromatic N) is 3. The molecular formula is C22H23N3. The minimum Gasteiger partial charge on any atom is -0.299 e. The maximum atomic E-state index is 7.45. The lowest BCUT2D eigenvalue weighted by atomic mass is 9.91. The fraction of sp³-hybridized carbons (Fsp3) is 0.273. The van der Waals surface area contributed by atoms with Gasteiger partial charge in [0.1, 0.15) is 5.82 Å². The molecule has 3 nitrogen and oxygen atoms in total. The highest BCUT2D eigenvalue weighted by Crippen LogP contribution is 2.37. The normalized spacial score (nSPS) is 11.1. The zero-order chi connectivity index (χ0) is 18.0. The van der Waals surface area contributed by atoms with Crippen molar-refractivity contribution in [3.8, 4) is 17.1 Å². The van der Waals surface area contributed by atoms with Crippen LogP contribution in [0.15, 0.2) is 54.9 Å². The van der Waals surface area contributed by atoms with E-state index in [9.17, 15) is 0 Å². The van der Waals surface area contributed by atoms with Crippen LogP contribution in [0.2, 0.25) is 0 Å². The van der Waals surface area contributed by atoms with Gasteiger partial charge in [0.05, 0.1) is 12.3 Å². The van der Waals surface area contributed by atoms with Gasteiger partial charge in [-0.3, -0.25) is 4.57 Å². The highest BCUT2D eigenvalue weighted by atomic mass is 15.1. The smallest absolute Gasteiger partial charge is 0.187 e. The number of benzene rings is 2. The third-order valence-corrected chi connectivity index (χ3v) is 4.44. The Morgan fingerprint density at radius 2 is 1.56 bits per heavy atom. The van der Waals surface area contributed by atoms with Crippen molar-refractivity contribution in [1.82, 2.24) is 9.55 Å². The fourth-order valence-corrected chi connectivity index (χ4v) is 3.17. The van der Waals surface area contributed by atoms with E-state index in [-0.39, 0.29) is 0 Å². The molecule has 0 bridgehead atoms. The predicted molar refractivity (Wildman–Crippen MR) is 103 cm³/mol. The monoisotopic (exact) mass is 329 g/mol. The predicted octanol–water partition coefficient (Wildman–Crippen LogP) is 6.34. The van der Waals surface area contributed by atoms with Gasteiger partial charge in [-0.05, 0) is 23.0 Å². The van der Waals surface area contributed by atoms with Crippen LogP contribution in [0.1, 0.15) is 50.7 Å². The topological polar surface area (TPSA) is 22.2 Å². The number of imidazole rings is 1. The molecule has 0 N–H and O–H groups in total. The van der Waals surface area contributed by atoms with Crippen molar-refractivity contribution in [2.45, 2.75) is 39.5 Å². The molecule has 126 valence electrons. The van der Waals surface area contributed by atoms with E-state index < -0.39 is 0 Å². The van der Waals surface area contributed by atoms with Crippen molar-refractivity contribution in [3.05, 3.63) is 77.4 Å². The summed E-state index contributed by atoms with van der Waals surface area (Å²) in [5.41, 5.74) is 5.33. The molecule has 0 atom stereocenters. The van der Waals surface area contributed by atoms with Crippen LogP contribution in [0, 0.1) is 6.57 Å². The number of aromatic nitrogens is 2. The molecule has 0 saturated heterocycles. The van der Waals surface area contributed by atoms with Crippen LogP contribution in [0.25, 0.3) is 21.9 Å². The van der Waals surface area contributed by atoms with Crippen LogP contribution < -0.4 is 0 Å². The molecule has 0 amide bonds. The van der Waals surface area contributed by atoms with E-state index in [1.54, 1.807) is 0 Å². The molecule has 3 rings (SSSR count). The standard InChI is InChI=1S/C22H23N3/c1-15(2)19-13-18(23-5)14-20(16(3)4)21(19)25-12-11-24-22(25)17-9-7-6-8-10-17/h6-16H,1-4H3. The van der Waals surface area contributed by atoms with Crippen molar-refractivity contribution >= 4 is 5.69 Å². The molecule has 0 radical (unpaired) electrons. The molecule has 3 aromatic rings. The molecule has 0 fully saturated rings. The summed E-state index contributed by atoms with van der Waals surface area (Å²) in [4.78, 5) is 8.29. The SMILES string of the molecule is [C-]#[N+]c1cc(C(C)C)c(-n2ccnc2-c2ccccc2)c(C(C)C)c1. The number of hydrogen-bond donors (Lipinski definition) is 0. The van der Waals surface area contributed by atoms with Crippen molar-refractivity contribution in [2.75, 3.05) is 0 Å². The summed E-state index contributed by atoms with van der Waals surface area (Å²) >= 11 is 0. The third kappa shape index (κ3) is 3.21. The minimum absolute atomic E-state index is 0.320. The van der Waals surface area contributed by atoms with Gasteiger partial charge in [-0.2, -0.15) is 0 Å². The second-order valence-electron chi connectivity index (χ2n) is 6.88. The first-order chi connectivity index (χ1) is 12.0. The molecule has 2 aromatic carbocycles. The molecule has 1 heterocycles. The second kappa shape index (κ2) is 6.94. The summed E-state index contributed by atoms with van der Waals surface area (Å²) in [7, 11) is 0. The second-order valence-corrected chi connectivity index (χ2v) is 6.88. The Morgan fingerprint density at radius 3 is 2.08 bits per heavy atom. The highest BCUT2D eigenvalue weighted by molar-refractivity contribution is 5.66. The van der Waals surface area contributed by atoms with Crippen molar-refractivity contribution in [1.29, 1.82) is 0 Å². The first-order valence-corrected chi connectivity index (χ1v) is 8.67. The zero-order valence-corrected chi connectivity index (χ0v) is 15.2. The average molecular weight is 329 g/mol.